The standard InChI is InChI=1S/C20H29N3O3/c1-5-10-15(6-2)21-17(24)16-18(25)22-20(3,4)19(26)23(16)13-14-11-8-7-9-12-14/h7-9,11-12,15-16H,5-6,10,13H2,1-4H3,(H,21,24)(H,22,25). The highest BCUT2D eigenvalue weighted by atomic mass is 16.2. The fourth-order valence-corrected chi connectivity index (χ4v) is 3.26. The van der Waals surface area contributed by atoms with Gasteiger partial charge in [0.25, 0.3) is 11.8 Å². The van der Waals surface area contributed by atoms with Crippen molar-refractivity contribution in [3.05, 3.63) is 35.9 Å². The second kappa shape index (κ2) is 8.34. The Morgan fingerprint density at radius 1 is 1.23 bits per heavy atom. The van der Waals surface area contributed by atoms with E-state index in [1.165, 1.54) is 4.90 Å². The van der Waals surface area contributed by atoms with Crippen LogP contribution in [0.25, 0.3) is 0 Å². The first-order chi connectivity index (χ1) is 12.3. The predicted octanol–water partition coefficient (Wildman–Crippen LogP) is 1.99. The molecule has 0 aliphatic carbocycles. The lowest BCUT2D eigenvalue weighted by atomic mass is 9.95. The third kappa shape index (κ3) is 4.42. The maximum absolute atomic E-state index is 12.9. The van der Waals surface area contributed by atoms with Gasteiger partial charge in [-0.1, -0.05) is 50.6 Å². The SMILES string of the molecule is CCCC(CC)NC(=O)C1C(=O)NC(C)(C)C(=O)N1Cc1ccccc1. The summed E-state index contributed by atoms with van der Waals surface area (Å²) in [4.78, 5) is 39.8. The normalized spacial score (nSPS) is 20.5. The summed E-state index contributed by atoms with van der Waals surface area (Å²) < 4.78 is 0. The second-order valence-electron chi connectivity index (χ2n) is 7.34. The van der Waals surface area contributed by atoms with Crippen LogP contribution in [0.5, 0.6) is 0 Å². The first-order valence-corrected chi connectivity index (χ1v) is 9.27. The minimum absolute atomic E-state index is 0.00362. The van der Waals surface area contributed by atoms with Crippen LogP contribution in [0.15, 0.2) is 30.3 Å². The average molecular weight is 359 g/mol. The molecule has 2 unspecified atom stereocenters. The number of carbonyl (C=O) groups excluding carboxylic acids is 3. The van der Waals surface area contributed by atoms with Crippen LogP contribution in [-0.2, 0) is 20.9 Å². The van der Waals surface area contributed by atoms with Crippen LogP contribution in [-0.4, -0.2) is 40.2 Å². The molecular weight excluding hydrogens is 330 g/mol. The van der Waals surface area contributed by atoms with Crippen molar-refractivity contribution in [3.63, 3.8) is 0 Å². The third-order valence-corrected chi connectivity index (χ3v) is 4.71. The molecule has 1 heterocycles. The minimum atomic E-state index is -1.15. The molecule has 1 saturated heterocycles. The van der Waals surface area contributed by atoms with Crippen molar-refractivity contribution in [1.29, 1.82) is 0 Å². The summed E-state index contributed by atoms with van der Waals surface area (Å²) in [5.41, 5.74) is -0.152. The quantitative estimate of drug-likeness (QED) is 0.731. The minimum Gasteiger partial charge on any atom is -0.351 e. The maximum Gasteiger partial charge on any atom is 0.253 e. The highest BCUT2D eigenvalue weighted by Crippen LogP contribution is 2.21. The van der Waals surface area contributed by atoms with Gasteiger partial charge in [0.15, 0.2) is 6.04 Å². The highest BCUT2D eigenvalue weighted by Gasteiger charge is 2.48. The molecule has 2 atom stereocenters. The number of hydrogen-bond donors (Lipinski definition) is 2. The lowest BCUT2D eigenvalue weighted by molar-refractivity contribution is -0.158. The summed E-state index contributed by atoms with van der Waals surface area (Å²) in [5, 5.41) is 5.62. The largest absolute Gasteiger partial charge is 0.351 e. The van der Waals surface area contributed by atoms with Crippen molar-refractivity contribution in [1.82, 2.24) is 15.5 Å². The molecule has 1 aromatic carbocycles. The topological polar surface area (TPSA) is 78.5 Å². The van der Waals surface area contributed by atoms with Crippen molar-refractivity contribution in [2.24, 2.45) is 0 Å². The van der Waals surface area contributed by atoms with E-state index >= 15 is 0 Å². The molecule has 142 valence electrons. The number of nitrogens with one attached hydrogen (secondary N) is 2. The molecule has 1 aromatic rings. The van der Waals surface area contributed by atoms with E-state index in [0.29, 0.717) is 0 Å². The Balaban J connectivity index is 2.28. The molecule has 1 aliphatic heterocycles. The first kappa shape index (κ1) is 19.9. The zero-order valence-corrected chi connectivity index (χ0v) is 16.0. The molecule has 0 bridgehead atoms. The summed E-state index contributed by atoms with van der Waals surface area (Å²) in [5.74, 6) is -1.11. The highest BCUT2D eigenvalue weighted by molar-refractivity contribution is 6.11. The Labute approximate surface area is 155 Å². The first-order valence-electron chi connectivity index (χ1n) is 9.27. The predicted molar refractivity (Wildman–Crippen MR) is 100 cm³/mol. The van der Waals surface area contributed by atoms with Crippen LogP contribution in [0, 0.1) is 0 Å². The Morgan fingerprint density at radius 3 is 2.46 bits per heavy atom. The van der Waals surface area contributed by atoms with Gasteiger partial charge in [-0.3, -0.25) is 14.4 Å². The van der Waals surface area contributed by atoms with Gasteiger partial charge in [-0.2, -0.15) is 0 Å². The van der Waals surface area contributed by atoms with E-state index in [4.69, 9.17) is 0 Å². The summed E-state index contributed by atoms with van der Waals surface area (Å²) >= 11 is 0. The summed E-state index contributed by atoms with van der Waals surface area (Å²) in [7, 11) is 0. The van der Waals surface area contributed by atoms with Crippen LogP contribution in [0.1, 0.15) is 52.5 Å². The van der Waals surface area contributed by atoms with Gasteiger partial charge in [0, 0.05) is 12.6 Å². The number of nitrogens with zero attached hydrogens (tertiary/aromatic N) is 1. The molecule has 6 nitrogen and oxygen atoms in total. The van der Waals surface area contributed by atoms with Gasteiger partial charge in [-0.25, -0.2) is 0 Å². The summed E-state index contributed by atoms with van der Waals surface area (Å²) in [6, 6.07) is 8.25. The van der Waals surface area contributed by atoms with Gasteiger partial charge in [-0.05, 0) is 32.3 Å². The van der Waals surface area contributed by atoms with Crippen molar-refractivity contribution < 1.29 is 14.4 Å². The van der Waals surface area contributed by atoms with E-state index in [0.717, 1.165) is 24.8 Å². The van der Waals surface area contributed by atoms with Crippen LogP contribution in [0.2, 0.25) is 0 Å². The average Bonchev–Trinajstić information content (AvgIpc) is 2.59. The number of piperazine rings is 1. The van der Waals surface area contributed by atoms with E-state index in [9.17, 15) is 14.4 Å². The van der Waals surface area contributed by atoms with E-state index in [1.54, 1.807) is 13.8 Å². The van der Waals surface area contributed by atoms with Gasteiger partial charge in [0.05, 0.1) is 0 Å². The lowest BCUT2D eigenvalue weighted by Crippen LogP contribution is -2.71. The second-order valence-corrected chi connectivity index (χ2v) is 7.34. The van der Waals surface area contributed by atoms with Crippen LogP contribution < -0.4 is 10.6 Å². The smallest absolute Gasteiger partial charge is 0.253 e. The van der Waals surface area contributed by atoms with E-state index in [1.807, 2.05) is 37.3 Å². The Morgan fingerprint density at radius 2 is 1.88 bits per heavy atom. The van der Waals surface area contributed by atoms with Gasteiger partial charge in [0.2, 0.25) is 5.91 Å². The third-order valence-electron chi connectivity index (χ3n) is 4.71. The maximum atomic E-state index is 12.9. The number of hydrogen-bond acceptors (Lipinski definition) is 3. The molecule has 3 amide bonds. The summed E-state index contributed by atoms with van der Waals surface area (Å²) in [6.07, 6.45) is 2.57. The molecule has 0 radical (unpaired) electrons. The number of carbonyl (C=O) groups is 3. The lowest BCUT2D eigenvalue weighted by Gasteiger charge is -2.42. The molecule has 2 N–H and O–H groups in total. The molecule has 0 aromatic heterocycles. The van der Waals surface area contributed by atoms with Gasteiger partial charge < -0.3 is 15.5 Å². The Kier molecular flexibility index (Phi) is 6.40. The van der Waals surface area contributed by atoms with Crippen LogP contribution >= 0.6 is 0 Å². The van der Waals surface area contributed by atoms with Gasteiger partial charge in [0.1, 0.15) is 5.54 Å². The summed E-state index contributed by atoms with van der Waals surface area (Å²) in [6.45, 7) is 7.59. The van der Waals surface area contributed by atoms with Crippen molar-refractivity contribution in [3.8, 4) is 0 Å². The van der Waals surface area contributed by atoms with E-state index in [2.05, 4.69) is 17.6 Å². The fraction of sp³-hybridized carbons (Fsp3) is 0.550. The van der Waals surface area contributed by atoms with Gasteiger partial charge in [-0.15, -0.1) is 0 Å². The Hall–Kier alpha value is -2.37. The molecular formula is C20H29N3O3. The van der Waals surface area contributed by atoms with E-state index < -0.39 is 23.4 Å². The monoisotopic (exact) mass is 359 g/mol. The van der Waals surface area contributed by atoms with E-state index in [-0.39, 0.29) is 18.5 Å². The molecule has 6 heteroatoms. The fourth-order valence-electron chi connectivity index (χ4n) is 3.26. The molecule has 26 heavy (non-hydrogen) atoms. The van der Waals surface area contributed by atoms with Crippen LogP contribution in [0.4, 0.5) is 0 Å². The molecule has 0 saturated carbocycles. The number of benzene rings is 1. The molecule has 2 rings (SSSR count). The van der Waals surface area contributed by atoms with Crippen molar-refractivity contribution in [2.75, 3.05) is 0 Å². The molecule has 1 fully saturated rings. The van der Waals surface area contributed by atoms with Crippen LogP contribution in [0.3, 0.4) is 0 Å². The van der Waals surface area contributed by atoms with Crippen molar-refractivity contribution >= 4 is 17.7 Å². The zero-order valence-electron chi connectivity index (χ0n) is 16.0. The number of amides is 3. The molecule has 1 aliphatic rings. The Bertz CT molecular complexity index is 658. The van der Waals surface area contributed by atoms with Gasteiger partial charge >= 0.3 is 0 Å². The van der Waals surface area contributed by atoms with Crippen molar-refractivity contribution in [2.45, 2.75) is 71.1 Å². The number of rotatable bonds is 7. The zero-order chi connectivity index (χ0) is 19.3. The molecule has 0 spiro atoms.